The van der Waals surface area contributed by atoms with Gasteiger partial charge in [-0.2, -0.15) is 0 Å². The highest BCUT2D eigenvalue weighted by atomic mass is 19.1. The Morgan fingerprint density at radius 2 is 1.62 bits per heavy atom. The van der Waals surface area contributed by atoms with Gasteiger partial charge < -0.3 is 15.0 Å². The smallest absolute Gasteiger partial charge is 0.260 e. The Morgan fingerprint density at radius 1 is 1.03 bits per heavy atom. The third-order valence-corrected chi connectivity index (χ3v) is 5.16. The van der Waals surface area contributed by atoms with Crippen LogP contribution < -0.4 is 10.1 Å². The van der Waals surface area contributed by atoms with Gasteiger partial charge in [-0.15, -0.1) is 0 Å². The minimum absolute atomic E-state index is 0.0680. The van der Waals surface area contributed by atoms with Crippen LogP contribution in [0.2, 0.25) is 0 Å². The van der Waals surface area contributed by atoms with Gasteiger partial charge in [0.2, 0.25) is 0 Å². The minimum atomic E-state index is -0.849. The summed E-state index contributed by atoms with van der Waals surface area (Å²) in [6.45, 7) is 4.00. The van der Waals surface area contributed by atoms with Crippen molar-refractivity contribution in [2.75, 3.05) is 11.9 Å². The summed E-state index contributed by atoms with van der Waals surface area (Å²) in [4.78, 5) is 26.6. The van der Waals surface area contributed by atoms with Crippen LogP contribution in [0.4, 0.5) is 14.5 Å². The zero-order chi connectivity index (χ0) is 21.0. The molecule has 3 rings (SSSR count). The second-order valence-corrected chi connectivity index (χ2v) is 7.29. The third-order valence-electron chi connectivity index (χ3n) is 5.16. The topological polar surface area (TPSA) is 58.6 Å². The summed E-state index contributed by atoms with van der Waals surface area (Å²) in [5.74, 6) is -1.98. The quantitative estimate of drug-likeness (QED) is 0.807. The van der Waals surface area contributed by atoms with Gasteiger partial charge in [0.05, 0.1) is 0 Å². The lowest BCUT2D eigenvalue weighted by atomic mass is 9.97. The molecule has 1 aliphatic rings. The van der Waals surface area contributed by atoms with Gasteiger partial charge in [0, 0.05) is 17.6 Å². The van der Waals surface area contributed by atoms with Crippen molar-refractivity contribution in [2.24, 2.45) is 0 Å². The van der Waals surface area contributed by atoms with E-state index in [1.165, 1.54) is 18.2 Å². The summed E-state index contributed by atoms with van der Waals surface area (Å²) < 4.78 is 32.9. The van der Waals surface area contributed by atoms with E-state index in [2.05, 4.69) is 5.32 Å². The summed E-state index contributed by atoms with van der Waals surface area (Å²) in [5, 5.41) is 2.23. The summed E-state index contributed by atoms with van der Waals surface area (Å²) in [7, 11) is 0. The van der Waals surface area contributed by atoms with Gasteiger partial charge in [0.15, 0.2) is 6.61 Å². The molecule has 0 radical (unpaired) electrons. The van der Waals surface area contributed by atoms with Crippen LogP contribution in [0, 0.1) is 11.6 Å². The summed E-state index contributed by atoms with van der Waals surface area (Å²) in [6, 6.07) is 9.78. The molecule has 1 N–H and O–H groups in total. The molecule has 0 aliphatic carbocycles. The second-order valence-electron chi connectivity index (χ2n) is 7.29. The number of carbonyl (C=O) groups is 2. The van der Waals surface area contributed by atoms with Crippen LogP contribution in [-0.2, 0) is 4.79 Å². The molecule has 5 nitrogen and oxygen atoms in total. The molecule has 1 saturated heterocycles. The molecule has 0 saturated carbocycles. The van der Waals surface area contributed by atoms with Crippen LogP contribution in [0.5, 0.6) is 5.75 Å². The highest BCUT2D eigenvalue weighted by Gasteiger charge is 2.29. The van der Waals surface area contributed by atoms with Gasteiger partial charge in [-0.3, -0.25) is 9.59 Å². The second kappa shape index (κ2) is 9.03. The van der Waals surface area contributed by atoms with Crippen LogP contribution >= 0.6 is 0 Å². The molecule has 1 fully saturated rings. The number of nitrogens with one attached hydrogen (secondary N) is 1. The molecule has 29 heavy (non-hydrogen) atoms. The number of amides is 2. The normalized spacial score (nSPS) is 19.0. The fraction of sp³-hybridized carbons (Fsp3) is 0.364. The van der Waals surface area contributed by atoms with Crippen LogP contribution in [0.3, 0.4) is 0 Å². The minimum Gasteiger partial charge on any atom is -0.484 e. The predicted molar refractivity (Wildman–Crippen MR) is 106 cm³/mol. The number of anilines is 1. The van der Waals surface area contributed by atoms with Crippen molar-refractivity contribution in [3.8, 4) is 5.75 Å². The fourth-order valence-electron chi connectivity index (χ4n) is 3.64. The molecule has 154 valence electrons. The van der Waals surface area contributed by atoms with Crippen molar-refractivity contribution < 1.29 is 23.1 Å². The van der Waals surface area contributed by atoms with Gasteiger partial charge in [0.25, 0.3) is 11.8 Å². The lowest BCUT2D eigenvalue weighted by molar-refractivity contribution is -0.139. The molecule has 2 aromatic carbocycles. The lowest BCUT2D eigenvalue weighted by Gasteiger charge is -2.38. The van der Waals surface area contributed by atoms with Crippen molar-refractivity contribution in [2.45, 2.75) is 45.2 Å². The number of nitrogens with zero attached hydrogens (tertiary/aromatic N) is 1. The van der Waals surface area contributed by atoms with E-state index in [-0.39, 0.29) is 30.2 Å². The number of hydrogen-bond donors (Lipinski definition) is 1. The predicted octanol–water partition coefficient (Wildman–Crippen LogP) is 4.39. The summed E-state index contributed by atoms with van der Waals surface area (Å²) in [6.07, 6.45) is 3.10. The van der Waals surface area contributed by atoms with Gasteiger partial charge in [0.1, 0.15) is 23.1 Å². The standard InChI is InChI=1S/C22H24F2N2O3/c1-14-5-3-6-15(2)26(14)20(27)13-29-17-11-9-16(10-12-17)22(28)25-21-18(23)7-4-8-19(21)24/h4,7-12,14-15H,3,5-6,13H2,1-2H3,(H,25,28). The highest BCUT2D eigenvalue weighted by molar-refractivity contribution is 6.04. The van der Waals surface area contributed by atoms with E-state index in [4.69, 9.17) is 4.74 Å². The largest absolute Gasteiger partial charge is 0.484 e. The first-order valence-corrected chi connectivity index (χ1v) is 9.66. The molecular weight excluding hydrogens is 378 g/mol. The Labute approximate surface area is 168 Å². The van der Waals surface area contributed by atoms with Crippen LogP contribution in [0.15, 0.2) is 42.5 Å². The molecule has 2 unspecified atom stereocenters. The number of halogens is 2. The zero-order valence-electron chi connectivity index (χ0n) is 16.5. The van der Waals surface area contributed by atoms with Crippen molar-refractivity contribution >= 4 is 17.5 Å². The maximum absolute atomic E-state index is 13.7. The van der Waals surface area contributed by atoms with Gasteiger partial charge in [-0.1, -0.05) is 6.07 Å². The average Bonchev–Trinajstić information content (AvgIpc) is 2.69. The molecule has 2 amide bonds. The first-order valence-electron chi connectivity index (χ1n) is 9.66. The first-order chi connectivity index (χ1) is 13.9. The third kappa shape index (κ3) is 4.91. The maximum Gasteiger partial charge on any atom is 0.260 e. The molecule has 0 aromatic heterocycles. The van der Waals surface area contributed by atoms with E-state index >= 15 is 0 Å². The van der Waals surface area contributed by atoms with E-state index in [0.29, 0.717) is 5.75 Å². The number of para-hydroxylation sites is 1. The van der Waals surface area contributed by atoms with E-state index in [9.17, 15) is 18.4 Å². The summed E-state index contributed by atoms with van der Waals surface area (Å²) in [5.41, 5.74) is -0.280. The highest BCUT2D eigenvalue weighted by Crippen LogP contribution is 2.23. The molecule has 0 spiro atoms. The molecule has 1 heterocycles. The van der Waals surface area contributed by atoms with Crippen molar-refractivity contribution in [1.82, 2.24) is 4.90 Å². The summed E-state index contributed by atoms with van der Waals surface area (Å²) >= 11 is 0. The Kier molecular flexibility index (Phi) is 6.46. The van der Waals surface area contributed by atoms with Crippen LogP contribution in [-0.4, -0.2) is 35.4 Å². The van der Waals surface area contributed by atoms with Crippen LogP contribution in [0.1, 0.15) is 43.5 Å². The van der Waals surface area contributed by atoms with E-state index in [1.54, 1.807) is 12.1 Å². The number of piperidine rings is 1. The maximum atomic E-state index is 13.7. The Balaban J connectivity index is 1.58. The first kappa shape index (κ1) is 20.8. The van der Waals surface area contributed by atoms with E-state index in [0.717, 1.165) is 31.4 Å². The number of hydrogen-bond acceptors (Lipinski definition) is 3. The SMILES string of the molecule is CC1CCCC(C)N1C(=O)COc1ccc(C(=O)Nc2c(F)cccc2F)cc1. The number of likely N-dealkylation sites (tertiary alicyclic amines) is 1. The number of carbonyl (C=O) groups excluding carboxylic acids is 2. The molecule has 0 bridgehead atoms. The average molecular weight is 402 g/mol. The van der Waals surface area contributed by atoms with Crippen LogP contribution in [0.25, 0.3) is 0 Å². The Bertz CT molecular complexity index is 856. The number of ether oxygens (including phenoxy) is 1. The monoisotopic (exact) mass is 402 g/mol. The Hall–Kier alpha value is -2.96. The van der Waals surface area contributed by atoms with Crippen molar-refractivity contribution in [3.63, 3.8) is 0 Å². The Morgan fingerprint density at radius 3 is 2.21 bits per heavy atom. The van der Waals surface area contributed by atoms with Gasteiger partial charge in [-0.05, 0) is 69.5 Å². The number of benzene rings is 2. The zero-order valence-corrected chi connectivity index (χ0v) is 16.5. The molecular formula is C22H24F2N2O3. The van der Waals surface area contributed by atoms with E-state index < -0.39 is 23.2 Å². The van der Waals surface area contributed by atoms with Gasteiger partial charge >= 0.3 is 0 Å². The van der Waals surface area contributed by atoms with Gasteiger partial charge in [-0.25, -0.2) is 8.78 Å². The van der Waals surface area contributed by atoms with Crippen molar-refractivity contribution in [1.29, 1.82) is 0 Å². The molecule has 1 aliphatic heterocycles. The lowest BCUT2D eigenvalue weighted by Crippen LogP contribution is -2.49. The van der Waals surface area contributed by atoms with E-state index in [1.807, 2.05) is 18.7 Å². The fourth-order valence-corrected chi connectivity index (χ4v) is 3.64. The molecule has 7 heteroatoms. The number of rotatable bonds is 5. The molecule has 2 aromatic rings. The van der Waals surface area contributed by atoms with Crippen molar-refractivity contribution in [3.05, 3.63) is 59.7 Å². The molecule has 2 atom stereocenters.